The number of hydrogen-bond donors (Lipinski definition) is 3. The summed E-state index contributed by atoms with van der Waals surface area (Å²) in [6, 6.07) is 3.64. The van der Waals surface area contributed by atoms with Crippen molar-refractivity contribution in [3.05, 3.63) is 36.0 Å². The summed E-state index contributed by atoms with van der Waals surface area (Å²) < 4.78 is 46.9. The number of amides is 1. The molecule has 1 aromatic carbocycles. The average molecular weight is 514 g/mol. The Bertz CT molecular complexity index is 1010. The molecule has 1 heterocycles. The van der Waals surface area contributed by atoms with Crippen molar-refractivity contribution in [3.63, 3.8) is 0 Å². The second kappa shape index (κ2) is 16.1. The Labute approximate surface area is 209 Å². The van der Waals surface area contributed by atoms with Crippen molar-refractivity contribution < 1.29 is 37.3 Å². The quantitative estimate of drug-likeness (QED) is 0.375. The minimum atomic E-state index is -4.84. The Hall–Kier alpha value is -3.60. The number of nitrogens with zero attached hydrogens (tertiary/aromatic N) is 1. The minimum Gasteiger partial charge on any atom is -0.496 e. The van der Waals surface area contributed by atoms with E-state index in [0.29, 0.717) is 40.2 Å². The van der Waals surface area contributed by atoms with Crippen LogP contribution in [0.1, 0.15) is 44.4 Å². The molecule has 1 amide bonds. The van der Waals surface area contributed by atoms with E-state index in [1.807, 2.05) is 0 Å². The normalized spacial score (nSPS) is 10.1. The third-order valence-corrected chi connectivity index (χ3v) is 4.33. The van der Waals surface area contributed by atoms with Crippen LogP contribution in [0, 0.1) is 6.92 Å². The fourth-order valence-electron chi connectivity index (χ4n) is 2.97. The van der Waals surface area contributed by atoms with Gasteiger partial charge < -0.3 is 30.0 Å². The van der Waals surface area contributed by atoms with Crippen LogP contribution >= 0.6 is 0 Å². The second-order valence-corrected chi connectivity index (χ2v) is 7.05. The predicted molar refractivity (Wildman–Crippen MR) is 135 cm³/mol. The molecule has 0 spiro atoms. The monoisotopic (exact) mass is 513 g/mol. The highest BCUT2D eigenvalue weighted by atomic mass is 19.4. The molecule has 0 fully saturated rings. The van der Waals surface area contributed by atoms with Crippen molar-refractivity contribution in [2.75, 3.05) is 31.9 Å². The van der Waals surface area contributed by atoms with Gasteiger partial charge in [-0.3, -0.25) is 4.79 Å². The van der Waals surface area contributed by atoms with Crippen molar-refractivity contribution in [3.8, 4) is 22.8 Å². The van der Waals surface area contributed by atoms with E-state index in [9.17, 15) is 22.8 Å². The van der Waals surface area contributed by atoms with Crippen LogP contribution in [0.2, 0.25) is 0 Å². The number of aldehydes is 1. The zero-order valence-corrected chi connectivity index (χ0v) is 21.4. The number of alkyl halides is 3. The fourth-order valence-corrected chi connectivity index (χ4v) is 2.97. The highest BCUT2D eigenvalue weighted by Crippen LogP contribution is 2.40. The summed E-state index contributed by atoms with van der Waals surface area (Å²) in [4.78, 5) is 27.4. The molecular weight excluding hydrogens is 479 g/mol. The van der Waals surface area contributed by atoms with Gasteiger partial charge in [-0.25, -0.2) is 4.98 Å². The Balaban J connectivity index is 0.00000227. The first kappa shape index (κ1) is 32.4. The van der Waals surface area contributed by atoms with Crippen LogP contribution in [-0.2, 0) is 9.59 Å². The molecule has 11 heteroatoms. The van der Waals surface area contributed by atoms with E-state index >= 15 is 0 Å². The van der Waals surface area contributed by atoms with E-state index in [2.05, 4.69) is 40.8 Å². The van der Waals surface area contributed by atoms with E-state index in [1.54, 1.807) is 14.0 Å². The molecule has 8 nitrogen and oxygen atoms in total. The number of anilines is 2. The van der Waals surface area contributed by atoms with Crippen LogP contribution in [0.5, 0.6) is 11.5 Å². The van der Waals surface area contributed by atoms with Gasteiger partial charge in [0, 0.05) is 44.2 Å². The molecule has 0 radical (unpaired) electrons. The van der Waals surface area contributed by atoms with Gasteiger partial charge in [-0.1, -0.05) is 26.8 Å². The maximum atomic E-state index is 12.6. The summed E-state index contributed by atoms with van der Waals surface area (Å²) in [5.74, 6) is -0.716. The lowest BCUT2D eigenvalue weighted by Crippen LogP contribution is -2.17. The van der Waals surface area contributed by atoms with E-state index in [1.165, 1.54) is 25.7 Å². The Kier molecular flexibility index (Phi) is 14.5. The molecule has 3 N–H and O–H groups in total. The number of benzene rings is 1. The molecule has 36 heavy (non-hydrogen) atoms. The van der Waals surface area contributed by atoms with E-state index in [4.69, 9.17) is 9.84 Å². The van der Waals surface area contributed by atoms with Crippen LogP contribution in [0.25, 0.3) is 17.3 Å². The zero-order valence-electron chi connectivity index (χ0n) is 21.4. The zero-order chi connectivity index (χ0) is 27.9. The Morgan fingerprint density at radius 3 is 2.31 bits per heavy atom. The molecule has 0 atom stereocenters. The van der Waals surface area contributed by atoms with Gasteiger partial charge in [0.05, 0.1) is 29.9 Å². The van der Waals surface area contributed by atoms with Gasteiger partial charge in [0.1, 0.15) is 17.8 Å². The van der Waals surface area contributed by atoms with Gasteiger partial charge in [0.25, 0.3) is 0 Å². The van der Waals surface area contributed by atoms with Crippen molar-refractivity contribution in [1.29, 1.82) is 0 Å². The molecular formula is C25H34F3N3O5. The molecule has 0 unspecified atom stereocenters. The minimum absolute atomic E-state index is 0.0000274. The second-order valence-electron chi connectivity index (χ2n) is 7.05. The van der Waals surface area contributed by atoms with Crippen LogP contribution in [0.15, 0.2) is 24.8 Å². The number of aliphatic hydroxyl groups is 1. The fraction of sp³-hybridized carbons (Fsp3) is 0.400. The highest BCUT2D eigenvalue weighted by Gasteiger charge is 2.31. The van der Waals surface area contributed by atoms with E-state index < -0.39 is 12.1 Å². The number of hydrogen-bond acceptors (Lipinski definition) is 7. The Morgan fingerprint density at radius 1 is 1.22 bits per heavy atom. The SMILES string of the molecule is C=Cc1nc(-c2ccc(OC(F)(F)F)cc2OC)c(C)c(NC(=O)CCC=O)c1NC.CCC.CO. The number of rotatable bonds is 9. The summed E-state index contributed by atoms with van der Waals surface area (Å²) in [7, 11) is 3.96. The number of carbonyl (C=O) groups is 2. The summed E-state index contributed by atoms with van der Waals surface area (Å²) >= 11 is 0. The molecule has 2 rings (SSSR count). The largest absolute Gasteiger partial charge is 0.573 e. The van der Waals surface area contributed by atoms with Crippen molar-refractivity contribution >= 4 is 29.6 Å². The average Bonchev–Trinajstić information content (AvgIpc) is 2.84. The first-order valence-corrected chi connectivity index (χ1v) is 11.0. The van der Waals surface area contributed by atoms with E-state index in [-0.39, 0.29) is 24.5 Å². The predicted octanol–water partition coefficient (Wildman–Crippen LogP) is 5.59. The summed E-state index contributed by atoms with van der Waals surface area (Å²) in [5.41, 5.74) is 2.63. The van der Waals surface area contributed by atoms with E-state index in [0.717, 1.165) is 19.2 Å². The number of aromatic nitrogens is 1. The highest BCUT2D eigenvalue weighted by molar-refractivity contribution is 5.99. The lowest BCUT2D eigenvalue weighted by atomic mass is 10.0. The first-order valence-electron chi connectivity index (χ1n) is 11.0. The van der Waals surface area contributed by atoms with Gasteiger partial charge in [-0.2, -0.15) is 0 Å². The molecule has 0 saturated heterocycles. The summed E-state index contributed by atoms with van der Waals surface area (Å²) in [5, 5.41) is 12.7. The maximum absolute atomic E-state index is 12.6. The van der Waals surface area contributed by atoms with Crippen LogP contribution in [-0.4, -0.2) is 49.9 Å². The molecule has 200 valence electrons. The first-order chi connectivity index (χ1) is 17.1. The molecule has 0 aliphatic carbocycles. The topological polar surface area (TPSA) is 110 Å². The summed E-state index contributed by atoms with van der Waals surface area (Å²) in [6.45, 7) is 9.68. The van der Waals surface area contributed by atoms with Crippen LogP contribution in [0.4, 0.5) is 24.5 Å². The van der Waals surface area contributed by atoms with Crippen molar-refractivity contribution in [1.82, 2.24) is 4.98 Å². The molecule has 1 aromatic heterocycles. The number of pyridine rings is 1. The number of halogens is 3. The lowest BCUT2D eigenvalue weighted by Gasteiger charge is -2.20. The lowest BCUT2D eigenvalue weighted by molar-refractivity contribution is -0.274. The number of nitrogens with one attached hydrogen (secondary N) is 2. The van der Waals surface area contributed by atoms with Crippen molar-refractivity contribution in [2.45, 2.75) is 46.4 Å². The van der Waals surface area contributed by atoms with Crippen LogP contribution in [0.3, 0.4) is 0 Å². The number of aliphatic hydroxyl groups excluding tert-OH is 1. The molecule has 0 aliphatic rings. The van der Waals surface area contributed by atoms with Gasteiger partial charge in [-0.15, -0.1) is 13.2 Å². The molecule has 0 saturated carbocycles. The van der Waals surface area contributed by atoms with Gasteiger partial charge in [0.15, 0.2) is 0 Å². The number of carbonyl (C=O) groups excluding carboxylic acids is 2. The van der Waals surface area contributed by atoms with Crippen LogP contribution < -0.4 is 20.1 Å². The van der Waals surface area contributed by atoms with Gasteiger partial charge >= 0.3 is 6.36 Å². The molecule has 0 bridgehead atoms. The third kappa shape index (κ3) is 9.57. The molecule has 2 aromatic rings. The van der Waals surface area contributed by atoms with Gasteiger partial charge in [-0.05, 0) is 25.1 Å². The standard InChI is InChI=1S/C21H22F3N3O4.C3H8.CH4O/c1-5-15-20(25-3)19(27-17(29)7-6-10-28)12(2)18(26-15)14-9-8-13(11-16(14)30-4)31-21(22,23)24;1-3-2;1-2/h5,8-11,25H,1,6-7H2,2-4H3,(H,26,27,29);3H2,1-2H3;2H,1H3. The number of methoxy groups -OCH3 is 1. The molecule has 0 aliphatic heterocycles. The maximum Gasteiger partial charge on any atom is 0.573 e. The third-order valence-electron chi connectivity index (χ3n) is 4.33. The van der Waals surface area contributed by atoms with Gasteiger partial charge in [0.2, 0.25) is 5.91 Å². The smallest absolute Gasteiger partial charge is 0.496 e. The number of ether oxygens (including phenoxy) is 2. The summed E-state index contributed by atoms with van der Waals surface area (Å²) in [6.07, 6.45) is -1.40. The van der Waals surface area contributed by atoms with Crippen molar-refractivity contribution in [2.24, 2.45) is 0 Å². The Morgan fingerprint density at radius 2 is 1.83 bits per heavy atom.